The Labute approximate surface area is 184 Å². The van der Waals surface area contributed by atoms with Gasteiger partial charge in [0.1, 0.15) is 17.4 Å². The van der Waals surface area contributed by atoms with Gasteiger partial charge in [-0.3, -0.25) is 4.79 Å². The van der Waals surface area contributed by atoms with Crippen molar-refractivity contribution in [3.8, 4) is 5.75 Å². The van der Waals surface area contributed by atoms with E-state index in [-0.39, 0.29) is 12.5 Å². The van der Waals surface area contributed by atoms with Crippen molar-refractivity contribution in [3.05, 3.63) is 64.3 Å². The van der Waals surface area contributed by atoms with E-state index < -0.39 is 0 Å². The number of amides is 1. The van der Waals surface area contributed by atoms with Crippen LogP contribution in [0.3, 0.4) is 0 Å². The number of halogens is 2. The molecule has 3 N–H and O–H groups in total. The number of rotatable bonds is 9. The molecular formula is C20H20Cl2N6O2. The molecule has 0 unspecified atom stereocenters. The summed E-state index contributed by atoms with van der Waals surface area (Å²) in [5.41, 5.74) is 1.08. The molecule has 3 rings (SSSR count). The molecule has 0 saturated carbocycles. The number of nitrogens with zero attached hydrogens (tertiary/aromatic N) is 3. The van der Waals surface area contributed by atoms with Gasteiger partial charge in [0.05, 0.1) is 5.02 Å². The molecule has 3 aromatic rings. The Morgan fingerprint density at radius 3 is 2.47 bits per heavy atom. The molecule has 0 bridgehead atoms. The van der Waals surface area contributed by atoms with Crippen molar-refractivity contribution in [2.45, 2.75) is 6.92 Å². The highest BCUT2D eigenvalue weighted by Crippen LogP contribution is 2.27. The van der Waals surface area contributed by atoms with Crippen LogP contribution in [0.5, 0.6) is 5.75 Å². The summed E-state index contributed by atoms with van der Waals surface area (Å²) >= 11 is 11.8. The van der Waals surface area contributed by atoms with Crippen LogP contribution in [-0.2, 0) is 4.79 Å². The molecule has 2 aromatic heterocycles. The average molecular weight is 447 g/mol. The maximum atomic E-state index is 11.9. The first-order valence-electron chi connectivity index (χ1n) is 9.11. The van der Waals surface area contributed by atoms with E-state index in [0.29, 0.717) is 46.3 Å². The quantitative estimate of drug-likeness (QED) is 0.429. The number of pyridine rings is 1. The summed E-state index contributed by atoms with van der Waals surface area (Å²) in [6.07, 6.45) is 1.77. The Morgan fingerprint density at radius 2 is 1.77 bits per heavy atom. The predicted octanol–water partition coefficient (Wildman–Crippen LogP) is 3.84. The van der Waals surface area contributed by atoms with Gasteiger partial charge < -0.3 is 20.7 Å². The van der Waals surface area contributed by atoms with Gasteiger partial charge in [-0.25, -0.2) is 4.98 Å². The molecule has 0 aliphatic carbocycles. The van der Waals surface area contributed by atoms with Crippen LogP contribution in [0, 0.1) is 6.92 Å². The van der Waals surface area contributed by atoms with Crippen LogP contribution in [0.15, 0.2) is 48.7 Å². The van der Waals surface area contributed by atoms with Crippen molar-refractivity contribution in [1.29, 1.82) is 0 Å². The van der Waals surface area contributed by atoms with Gasteiger partial charge in [-0.1, -0.05) is 29.3 Å². The molecule has 0 aliphatic heterocycles. The van der Waals surface area contributed by atoms with Crippen LogP contribution in [-0.4, -0.2) is 40.8 Å². The van der Waals surface area contributed by atoms with Crippen molar-refractivity contribution in [3.63, 3.8) is 0 Å². The number of carbonyl (C=O) groups is 1. The van der Waals surface area contributed by atoms with Crippen molar-refractivity contribution in [2.24, 2.45) is 0 Å². The lowest BCUT2D eigenvalue weighted by Crippen LogP contribution is -2.32. The number of anilines is 3. The van der Waals surface area contributed by atoms with Gasteiger partial charge in [0, 0.05) is 24.3 Å². The molecule has 0 aliphatic rings. The summed E-state index contributed by atoms with van der Waals surface area (Å²) in [7, 11) is 0. The van der Waals surface area contributed by atoms with Crippen LogP contribution in [0.1, 0.15) is 5.56 Å². The summed E-state index contributed by atoms with van der Waals surface area (Å²) in [5.74, 6) is 2.01. The fraction of sp³-hybridized carbons (Fsp3) is 0.200. The first-order chi connectivity index (χ1) is 14.5. The molecule has 1 amide bonds. The summed E-state index contributed by atoms with van der Waals surface area (Å²) < 4.78 is 5.38. The fourth-order valence-corrected chi connectivity index (χ4v) is 2.81. The molecule has 0 spiro atoms. The number of nitrogens with one attached hydrogen (secondary N) is 3. The second-order valence-corrected chi connectivity index (χ2v) is 7.13. The Kier molecular flexibility index (Phi) is 7.64. The third-order valence-corrected chi connectivity index (χ3v) is 4.37. The predicted molar refractivity (Wildman–Crippen MR) is 118 cm³/mol. The normalized spacial score (nSPS) is 10.4. The van der Waals surface area contributed by atoms with Crippen LogP contribution < -0.4 is 20.7 Å². The first-order valence-corrected chi connectivity index (χ1v) is 9.87. The summed E-state index contributed by atoms with van der Waals surface area (Å²) in [4.78, 5) is 16.1. The molecule has 2 heterocycles. The van der Waals surface area contributed by atoms with Crippen molar-refractivity contribution in [1.82, 2.24) is 20.5 Å². The topological polar surface area (TPSA) is 101 Å². The van der Waals surface area contributed by atoms with Gasteiger partial charge in [-0.05, 0) is 48.9 Å². The second kappa shape index (κ2) is 10.6. The highest BCUT2D eigenvalue weighted by Gasteiger charge is 2.06. The molecule has 0 saturated heterocycles. The zero-order valence-electron chi connectivity index (χ0n) is 16.2. The molecular weight excluding hydrogens is 427 g/mol. The second-order valence-electron chi connectivity index (χ2n) is 6.29. The van der Waals surface area contributed by atoms with E-state index in [4.69, 9.17) is 27.9 Å². The molecule has 1 aromatic carbocycles. The molecule has 30 heavy (non-hydrogen) atoms. The Balaban J connectivity index is 1.35. The summed E-state index contributed by atoms with van der Waals surface area (Å²) in [5, 5.41) is 17.9. The molecule has 0 radical (unpaired) electrons. The van der Waals surface area contributed by atoms with E-state index in [1.165, 1.54) is 0 Å². The third-order valence-electron chi connectivity index (χ3n) is 3.84. The van der Waals surface area contributed by atoms with Gasteiger partial charge in [0.2, 0.25) is 0 Å². The first kappa shape index (κ1) is 21.6. The van der Waals surface area contributed by atoms with Crippen LogP contribution in [0.4, 0.5) is 17.5 Å². The van der Waals surface area contributed by atoms with Crippen molar-refractivity contribution >= 4 is 46.6 Å². The smallest absolute Gasteiger partial charge is 0.258 e. The molecule has 8 nitrogen and oxygen atoms in total. The number of hydrogen-bond acceptors (Lipinski definition) is 7. The van der Waals surface area contributed by atoms with Gasteiger partial charge in [-0.2, -0.15) is 0 Å². The minimum Gasteiger partial charge on any atom is -0.482 e. The van der Waals surface area contributed by atoms with E-state index in [2.05, 4.69) is 31.1 Å². The minimum atomic E-state index is -0.265. The van der Waals surface area contributed by atoms with E-state index >= 15 is 0 Å². The van der Waals surface area contributed by atoms with Crippen LogP contribution >= 0.6 is 23.2 Å². The van der Waals surface area contributed by atoms with E-state index in [1.54, 1.807) is 36.5 Å². The van der Waals surface area contributed by atoms with E-state index in [0.717, 1.165) is 5.56 Å². The van der Waals surface area contributed by atoms with Crippen LogP contribution in [0.25, 0.3) is 0 Å². The number of carbonyl (C=O) groups excluding carboxylic acids is 1. The van der Waals surface area contributed by atoms with E-state index in [1.807, 2.05) is 19.1 Å². The van der Waals surface area contributed by atoms with Gasteiger partial charge >= 0.3 is 0 Å². The van der Waals surface area contributed by atoms with Crippen LogP contribution in [0.2, 0.25) is 10.0 Å². The maximum Gasteiger partial charge on any atom is 0.258 e. The fourth-order valence-electron chi connectivity index (χ4n) is 2.35. The van der Waals surface area contributed by atoms with Crippen molar-refractivity contribution < 1.29 is 9.53 Å². The SMILES string of the molecule is Cc1ccc(Nc2ccc(NCCNC(=O)COc3ccc(Cl)cc3Cl)nn2)nc1. The van der Waals surface area contributed by atoms with Gasteiger partial charge in [0.15, 0.2) is 12.4 Å². The number of benzene rings is 1. The maximum absolute atomic E-state index is 11.9. The number of aromatic nitrogens is 3. The summed E-state index contributed by atoms with van der Waals surface area (Å²) in [6, 6.07) is 12.2. The van der Waals surface area contributed by atoms with Crippen molar-refractivity contribution in [2.75, 3.05) is 30.3 Å². The lowest BCUT2D eigenvalue weighted by Gasteiger charge is -2.10. The number of aryl methyl sites for hydroxylation is 1. The average Bonchev–Trinajstić information content (AvgIpc) is 2.73. The third kappa shape index (κ3) is 6.75. The van der Waals surface area contributed by atoms with Gasteiger partial charge in [-0.15, -0.1) is 10.2 Å². The molecule has 10 heteroatoms. The zero-order chi connectivity index (χ0) is 21.3. The molecule has 0 atom stereocenters. The monoisotopic (exact) mass is 446 g/mol. The minimum absolute atomic E-state index is 0.144. The number of hydrogen-bond donors (Lipinski definition) is 3. The highest BCUT2D eigenvalue weighted by atomic mass is 35.5. The zero-order valence-corrected chi connectivity index (χ0v) is 17.7. The summed E-state index contributed by atoms with van der Waals surface area (Å²) in [6.45, 7) is 2.70. The molecule has 0 fully saturated rings. The Bertz CT molecular complexity index is 984. The Hall–Kier alpha value is -3.10. The number of ether oxygens (including phenoxy) is 1. The van der Waals surface area contributed by atoms with E-state index in [9.17, 15) is 4.79 Å². The largest absolute Gasteiger partial charge is 0.482 e. The lowest BCUT2D eigenvalue weighted by molar-refractivity contribution is -0.123. The highest BCUT2D eigenvalue weighted by molar-refractivity contribution is 6.35. The Morgan fingerprint density at radius 1 is 1.00 bits per heavy atom. The van der Waals surface area contributed by atoms with Gasteiger partial charge in [0.25, 0.3) is 5.91 Å². The standard InChI is InChI=1S/C20H20Cl2N6O2/c1-13-2-5-17(25-11-13)26-19-7-6-18(27-28-19)23-8-9-24-20(29)12-30-16-4-3-14(21)10-15(16)22/h2-7,10-11H,8-9,12H2,1H3,(H,23,27)(H,24,29)(H,25,26,28). The lowest BCUT2D eigenvalue weighted by atomic mass is 10.3. The molecule has 156 valence electrons.